The van der Waals surface area contributed by atoms with Crippen molar-refractivity contribution in [1.82, 2.24) is 4.98 Å². The molecule has 0 aliphatic rings. The summed E-state index contributed by atoms with van der Waals surface area (Å²) in [6, 6.07) is 12.0. The average molecular weight is 291 g/mol. The van der Waals surface area contributed by atoms with Gasteiger partial charge in [-0.1, -0.05) is 18.2 Å². The average Bonchev–Trinajstić information content (AvgIpc) is 2.47. The molecule has 0 atom stereocenters. The highest BCUT2D eigenvalue weighted by Crippen LogP contribution is 2.22. The predicted molar refractivity (Wildman–Crippen MR) is 83.6 cm³/mol. The summed E-state index contributed by atoms with van der Waals surface area (Å²) in [6.07, 6.45) is 0. The lowest BCUT2D eigenvalue weighted by Gasteiger charge is -2.20. The molecule has 0 fully saturated rings. The van der Waals surface area contributed by atoms with E-state index in [4.69, 9.17) is 16.3 Å². The number of rotatable bonds is 5. The van der Waals surface area contributed by atoms with E-state index in [0.29, 0.717) is 5.88 Å². The van der Waals surface area contributed by atoms with Crippen LogP contribution in [-0.2, 0) is 12.4 Å². The SMILES string of the molecule is COc1ccccc1CN(C)c1cc(CCl)cc(C)n1. The van der Waals surface area contributed by atoms with E-state index in [1.54, 1.807) is 7.11 Å². The Morgan fingerprint density at radius 2 is 2.00 bits per heavy atom. The van der Waals surface area contributed by atoms with E-state index in [1.165, 1.54) is 0 Å². The van der Waals surface area contributed by atoms with E-state index in [0.717, 1.165) is 34.9 Å². The number of methoxy groups -OCH3 is 1. The molecule has 4 heteroatoms. The van der Waals surface area contributed by atoms with Crippen molar-refractivity contribution in [3.63, 3.8) is 0 Å². The molecule has 0 radical (unpaired) electrons. The van der Waals surface area contributed by atoms with Crippen LogP contribution in [0.1, 0.15) is 16.8 Å². The number of anilines is 1. The zero-order valence-electron chi connectivity index (χ0n) is 12.1. The van der Waals surface area contributed by atoms with Gasteiger partial charge in [-0.05, 0) is 30.7 Å². The van der Waals surface area contributed by atoms with E-state index < -0.39 is 0 Å². The van der Waals surface area contributed by atoms with E-state index >= 15 is 0 Å². The Bertz CT molecular complexity index is 586. The third kappa shape index (κ3) is 3.42. The first-order valence-electron chi connectivity index (χ1n) is 6.50. The fourth-order valence-electron chi connectivity index (χ4n) is 2.16. The van der Waals surface area contributed by atoms with Gasteiger partial charge in [-0.25, -0.2) is 4.98 Å². The van der Waals surface area contributed by atoms with Gasteiger partial charge in [0.15, 0.2) is 0 Å². The summed E-state index contributed by atoms with van der Waals surface area (Å²) in [6.45, 7) is 2.72. The molecule has 0 bridgehead atoms. The van der Waals surface area contributed by atoms with Crippen LogP contribution in [0.2, 0.25) is 0 Å². The van der Waals surface area contributed by atoms with Gasteiger partial charge in [-0.3, -0.25) is 0 Å². The second kappa shape index (κ2) is 6.62. The fourth-order valence-corrected chi connectivity index (χ4v) is 2.32. The predicted octanol–water partition coefficient (Wildman–Crippen LogP) is 3.77. The normalized spacial score (nSPS) is 10.4. The number of pyridine rings is 1. The molecule has 0 N–H and O–H groups in total. The van der Waals surface area contributed by atoms with Crippen molar-refractivity contribution in [1.29, 1.82) is 0 Å². The molecule has 20 heavy (non-hydrogen) atoms. The first-order chi connectivity index (χ1) is 9.63. The van der Waals surface area contributed by atoms with E-state index in [2.05, 4.69) is 16.0 Å². The molecule has 0 aliphatic heterocycles. The molecule has 1 aromatic heterocycles. The van der Waals surface area contributed by atoms with Gasteiger partial charge in [0, 0.05) is 30.7 Å². The van der Waals surface area contributed by atoms with Crippen molar-refractivity contribution in [2.24, 2.45) is 0 Å². The van der Waals surface area contributed by atoms with Crippen molar-refractivity contribution in [3.05, 3.63) is 53.2 Å². The van der Waals surface area contributed by atoms with Crippen molar-refractivity contribution in [2.75, 3.05) is 19.1 Å². The van der Waals surface area contributed by atoms with Crippen molar-refractivity contribution in [3.8, 4) is 5.75 Å². The molecule has 106 valence electrons. The lowest BCUT2D eigenvalue weighted by atomic mass is 10.2. The number of alkyl halides is 1. The first-order valence-corrected chi connectivity index (χ1v) is 7.04. The number of aromatic nitrogens is 1. The van der Waals surface area contributed by atoms with Crippen LogP contribution in [0.25, 0.3) is 0 Å². The van der Waals surface area contributed by atoms with Gasteiger partial charge in [0.1, 0.15) is 11.6 Å². The van der Waals surface area contributed by atoms with Gasteiger partial charge in [-0.15, -0.1) is 11.6 Å². The minimum atomic E-state index is 0.499. The second-order valence-corrected chi connectivity index (χ2v) is 5.04. The summed E-state index contributed by atoms with van der Waals surface area (Å²) in [4.78, 5) is 6.66. The summed E-state index contributed by atoms with van der Waals surface area (Å²) in [7, 11) is 3.71. The van der Waals surface area contributed by atoms with E-state index in [-0.39, 0.29) is 0 Å². The molecule has 2 rings (SSSR count). The lowest BCUT2D eigenvalue weighted by Crippen LogP contribution is -2.18. The standard InChI is InChI=1S/C16H19ClN2O/c1-12-8-13(10-17)9-16(18-12)19(2)11-14-6-4-5-7-15(14)20-3/h4-9H,10-11H2,1-3H3. The number of ether oxygens (including phenoxy) is 1. The number of hydrogen-bond donors (Lipinski definition) is 0. The molecule has 0 amide bonds. The smallest absolute Gasteiger partial charge is 0.129 e. The maximum atomic E-state index is 5.92. The van der Waals surface area contributed by atoms with Gasteiger partial charge in [-0.2, -0.15) is 0 Å². The van der Waals surface area contributed by atoms with Crippen molar-refractivity contribution < 1.29 is 4.74 Å². The summed E-state index contributed by atoms with van der Waals surface area (Å²) in [5.74, 6) is 2.31. The molecular weight excluding hydrogens is 272 g/mol. The van der Waals surface area contributed by atoms with Crippen LogP contribution in [0.3, 0.4) is 0 Å². The van der Waals surface area contributed by atoms with E-state index in [9.17, 15) is 0 Å². The number of para-hydroxylation sites is 1. The van der Waals surface area contributed by atoms with Gasteiger partial charge in [0.2, 0.25) is 0 Å². The van der Waals surface area contributed by atoms with Gasteiger partial charge in [0.25, 0.3) is 0 Å². The Kier molecular flexibility index (Phi) is 4.85. The molecule has 2 aromatic rings. The monoisotopic (exact) mass is 290 g/mol. The highest BCUT2D eigenvalue weighted by molar-refractivity contribution is 6.17. The summed E-state index contributed by atoms with van der Waals surface area (Å²) in [5.41, 5.74) is 3.19. The van der Waals surface area contributed by atoms with Crippen LogP contribution in [0.15, 0.2) is 36.4 Å². The van der Waals surface area contributed by atoms with Crippen LogP contribution in [0, 0.1) is 6.92 Å². The maximum absolute atomic E-state index is 5.92. The van der Waals surface area contributed by atoms with Gasteiger partial charge in [0.05, 0.1) is 7.11 Å². The quantitative estimate of drug-likeness (QED) is 0.784. The van der Waals surface area contributed by atoms with Crippen molar-refractivity contribution >= 4 is 17.4 Å². The molecule has 1 aromatic carbocycles. The summed E-state index contributed by atoms with van der Waals surface area (Å²) < 4.78 is 5.38. The van der Waals surface area contributed by atoms with Crippen LogP contribution in [0.4, 0.5) is 5.82 Å². The molecule has 0 unspecified atom stereocenters. The fraction of sp³-hybridized carbons (Fsp3) is 0.312. The number of hydrogen-bond acceptors (Lipinski definition) is 3. The molecule has 3 nitrogen and oxygen atoms in total. The van der Waals surface area contributed by atoms with Crippen LogP contribution in [0.5, 0.6) is 5.75 Å². The van der Waals surface area contributed by atoms with Gasteiger partial charge < -0.3 is 9.64 Å². The highest BCUT2D eigenvalue weighted by Gasteiger charge is 2.09. The van der Waals surface area contributed by atoms with Crippen LogP contribution in [-0.4, -0.2) is 19.1 Å². The molecule has 1 heterocycles. The number of nitrogens with zero attached hydrogens (tertiary/aromatic N) is 2. The first kappa shape index (κ1) is 14.7. The number of aryl methyl sites for hydroxylation is 1. The van der Waals surface area contributed by atoms with Crippen molar-refractivity contribution in [2.45, 2.75) is 19.3 Å². The molecule has 0 saturated heterocycles. The minimum Gasteiger partial charge on any atom is -0.496 e. The minimum absolute atomic E-state index is 0.499. The Balaban J connectivity index is 2.23. The lowest BCUT2D eigenvalue weighted by molar-refractivity contribution is 0.409. The number of benzene rings is 1. The second-order valence-electron chi connectivity index (χ2n) is 4.78. The molecule has 0 saturated carbocycles. The highest BCUT2D eigenvalue weighted by atomic mass is 35.5. The Morgan fingerprint density at radius 3 is 2.70 bits per heavy atom. The summed E-state index contributed by atoms with van der Waals surface area (Å²) in [5, 5.41) is 0. The van der Waals surface area contributed by atoms with E-state index in [1.807, 2.05) is 44.3 Å². The zero-order valence-corrected chi connectivity index (χ0v) is 12.8. The Morgan fingerprint density at radius 1 is 1.25 bits per heavy atom. The third-order valence-electron chi connectivity index (χ3n) is 3.15. The van der Waals surface area contributed by atoms with Gasteiger partial charge >= 0.3 is 0 Å². The Hall–Kier alpha value is -1.74. The molecule has 0 spiro atoms. The number of halogens is 1. The molecule has 0 aliphatic carbocycles. The van der Waals surface area contributed by atoms with Crippen LogP contribution >= 0.6 is 11.6 Å². The Labute approximate surface area is 125 Å². The largest absolute Gasteiger partial charge is 0.496 e. The third-order valence-corrected chi connectivity index (χ3v) is 3.45. The molecular formula is C16H19ClN2O. The zero-order chi connectivity index (χ0) is 14.5. The maximum Gasteiger partial charge on any atom is 0.129 e. The van der Waals surface area contributed by atoms with Crippen LogP contribution < -0.4 is 9.64 Å². The summed E-state index contributed by atoms with van der Waals surface area (Å²) >= 11 is 5.92. The topological polar surface area (TPSA) is 25.4 Å².